The molecule has 1 aromatic rings. The van der Waals surface area contributed by atoms with E-state index in [0.717, 1.165) is 11.3 Å². The first-order valence-corrected chi connectivity index (χ1v) is 6.50. The highest BCUT2D eigenvalue weighted by Gasteiger charge is 2.13. The van der Waals surface area contributed by atoms with Crippen LogP contribution in [0.5, 0.6) is 5.75 Å². The van der Waals surface area contributed by atoms with Crippen LogP contribution < -0.4 is 5.32 Å². The molecule has 0 saturated heterocycles. The van der Waals surface area contributed by atoms with Crippen LogP contribution in [0.15, 0.2) is 18.2 Å². The molecule has 1 rings (SSSR count). The summed E-state index contributed by atoms with van der Waals surface area (Å²) >= 11 is 1.61. The Kier molecular flexibility index (Phi) is 4.46. The van der Waals surface area contributed by atoms with Gasteiger partial charge in [-0.2, -0.15) is 0 Å². The lowest BCUT2D eigenvalue weighted by atomic mass is 10.2. The number of aromatic hydroxyl groups is 1. The molecule has 0 spiro atoms. The van der Waals surface area contributed by atoms with Crippen LogP contribution in [0.1, 0.15) is 26.3 Å². The summed E-state index contributed by atoms with van der Waals surface area (Å²) in [6.07, 6.45) is 0. The van der Waals surface area contributed by atoms with Gasteiger partial charge in [0.1, 0.15) is 5.75 Å². The van der Waals surface area contributed by atoms with Gasteiger partial charge in [-0.1, -0.05) is 20.8 Å². The first-order chi connectivity index (χ1) is 7.78. The van der Waals surface area contributed by atoms with Gasteiger partial charge in [-0.15, -0.1) is 11.8 Å². The monoisotopic (exact) mass is 253 g/mol. The zero-order valence-corrected chi connectivity index (χ0v) is 11.5. The van der Waals surface area contributed by atoms with E-state index < -0.39 is 0 Å². The van der Waals surface area contributed by atoms with Gasteiger partial charge in [0, 0.05) is 10.4 Å². The fourth-order valence-electron chi connectivity index (χ4n) is 1.26. The quantitative estimate of drug-likeness (QED) is 0.813. The number of nitrogens with one attached hydrogen (secondary N) is 1. The van der Waals surface area contributed by atoms with Gasteiger partial charge >= 0.3 is 0 Å². The molecule has 94 valence electrons. The molecule has 0 bridgehead atoms. The van der Waals surface area contributed by atoms with Crippen LogP contribution in [0.2, 0.25) is 0 Å². The number of benzene rings is 1. The number of anilines is 1. The molecule has 0 atom stereocenters. The highest BCUT2D eigenvalue weighted by molar-refractivity contribution is 8.01. The topological polar surface area (TPSA) is 49.3 Å². The molecule has 0 aliphatic rings. The molecule has 0 aromatic heterocycles. The normalized spacial score (nSPS) is 11.3. The molecule has 2 N–H and O–H groups in total. The van der Waals surface area contributed by atoms with Gasteiger partial charge < -0.3 is 10.4 Å². The third-order valence-electron chi connectivity index (χ3n) is 2.12. The lowest BCUT2D eigenvalue weighted by molar-refractivity contribution is -0.113. The number of amides is 1. The van der Waals surface area contributed by atoms with E-state index in [1.807, 2.05) is 6.92 Å². The van der Waals surface area contributed by atoms with Crippen molar-refractivity contribution in [3.8, 4) is 5.75 Å². The Balaban J connectivity index is 2.57. The van der Waals surface area contributed by atoms with Crippen molar-refractivity contribution in [2.45, 2.75) is 32.4 Å². The van der Waals surface area contributed by atoms with Crippen molar-refractivity contribution in [3.05, 3.63) is 23.8 Å². The van der Waals surface area contributed by atoms with Crippen LogP contribution in [0.25, 0.3) is 0 Å². The van der Waals surface area contributed by atoms with Gasteiger partial charge in [0.25, 0.3) is 0 Å². The lowest BCUT2D eigenvalue weighted by Crippen LogP contribution is -2.19. The van der Waals surface area contributed by atoms with Crippen molar-refractivity contribution in [1.82, 2.24) is 0 Å². The Hall–Kier alpha value is -1.16. The molecule has 0 aliphatic carbocycles. The number of aryl methyl sites for hydroxylation is 1. The summed E-state index contributed by atoms with van der Waals surface area (Å²) in [4.78, 5) is 11.7. The first-order valence-electron chi connectivity index (χ1n) is 5.51. The number of phenolic OH excluding ortho intramolecular Hbond substituents is 1. The zero-order valence-electron chi connectivity index (χ0n) is 10.7. The van der Waals surface area contributed by atoms with Crippen molar-refractivity contribution in [1.29, 1.82) is 0 Å². The third-order valence-corrected chi connectivity index (χ3v) is 3.39. The Morgan fingerprint density at radius 2 is 2.06 bits per heavy atom. The van der Waals surface area contributed by atoms with Crippen LogP contribution in [-0.2, 0) is 4.79 Å². The highest BCUT2D eigenvalue weighted by atomic mass is 32.2. The summed E-state index contributed by atoms with van der Waals surface area (Å²) in [5, 5.41) is 12.1. The van der Waals surface area contributed by atoms with E-state index in [1.165, 1.54) is 0 Å². The fraction of sp³-hybridized carbons (Fsp3) is 0.462. The molecule has 17 heavy (non-hydrogen) atoms. The predicted octanol–water partition coefficient (Wildman–Crippen LogP) is 3.17. The summed E-state index contributed by atoms with van der Waals surface area (Å²) in [6.45, 7) is 8.09. The van der Waals surface area contributed by atoms with E-state index in [1.54, 1.807) is 30.0 Å². The van der Waals surface area contributed by atoms with Gasteiger partial charge in [0.2, 0.25) is 5.91 Å². The lowest BCUT2D eigenvalue weighted by Gasteiger charge is -2.17. The maximum absolute atomic E-state index is 11.7. The molecule has 0 heterocycles. The minimum atomic E-state index is -0.0151. The van der Waals surface area contributed by atoms with Crippen molar-refractivity contribution >= 4 is 23.4 Å². The Labute approximate surface area is 107 Å². The Bertz CT molecular complexity index is 410. The van der Waals surface area contributed by atoms with Crippen LogP contribution in [-0.4, -0.2) is 21.5 Å². The van der Waals surface area contributed by atoms with E-state index in [9.17, 15) is 9.90 Å². The van der Waals surface area contributed by atoms with Crippen LogP contribution in [0.3, 0.4) is 0 Å². The maximum Gasteiger partial charge on any atom is 0.234 e. The number of hydrogen-bond donors (Lipinski definition) is 2. The largest absolute Gasteiger partial charge is 0.508 e. The molecule has 1 aromatic carbocycles. The van der Waals surface area contributed by atoms with E-state index >= 15 is 0 Å². The second-order valence-electron chi connectivity index (χ2n) is 4.95. The second-order valence-corrected chi connectivity index (χ2v) is 6.75. The molecule has 0 aliphatic heterocycles. The number of hydrogen-bond acceptors (Lipinski definition) is 3. The van der Waals surface area contributed by atoms with Crippen LogP contribution in [0.4, 0.5) is 5.69 Å². The van der Waals surface area contributed by atoms with Gasteiger partial charge in [-0.3, -0.25) is 4.79 Å². The number of carbonyl (C=O) groups is 1. The molecule has 1 amide bonds. The summed E-state index contributed by atoms with van der Waals surface area (Å²) in [5.41, 5.74) is 1.61. The van der Waals surface area contributed by atoms with E-state index in [4.69, 9.17) is 0 Å². The minimum Gasteiger partial charge on any atom is -0.508 e. The summed E-state index contributed by atoms with van der Waals surface area (Å²) in [7, 11) is 0. The first kappa shape index (κ1) is 13.9. The average molecular weight is 253 g/mol. The summed E-state index contributed by atoms with van der Waals surface area (Å²) < 4.78 is 0.0847. The van der Waals surface area contributed by atoms with Crippen molar-refractivity contribution in [3.63, 3.8) is 0 Å². The highest BCUT2D eigenvalue weighted by Crippen LogP contribution is 2.24. The van der Waals surface area contributed by atoms with Crippen LogP contribution in [0, 0.1) is 6.92 Å². The van der Waals surface area contributed by atoms with Crippen LogP contribution >= 0.6 is 11.8 Å². The van der Waals surface area contributed by atoms with Crippen molar-refractivity contribution in [2.75, 3.05) is 11.1 Å². The molecule has 4 heteroatoms. The second kappa shape index (κ2) is 5.45. The zero-order chi connectivity index (χ0) is 13.1. The van der Waals surface area contributed by atoms with E-state index in [0.29, 0.717) is 5.75 Å². The number of phenols is 1. The molecule has 0 saturated carbocycles. The van der Waals surface area contributed by atoms with Gasteiger partial charge in [0.05, 0.1) is 5.75 Å². The number of rotatable bonds is 3. The van der Waals surface area contributed by atoms with Gasteiger partial charge in [-0.05, 0) is 30.7 Å². The molecule has 0 fully saturated rings. The molecule has 0 radical (unpaired) electrons. The van der Waals surface area contributed by atoms with E-state index in [-0.39, 0.29) is 16.4 Å². The summed E-state index contributed by atoms with van der Waals surface area (Å²) in [5.74, 6) is 0.632. The molecule has 3 nitrogen and oxygen atoms in total. The summed E-state index contributed by atoms with van der Waals surface area (Å²) in [6, 6.07) is 4.91. The predicted molar refractivity (Wildman–Crippen MR) is 73.7 cm³/mol. The van der Waals surface area contributed by atoms with Gasteiger partial charge in [0.15, 0.2) is 0 Å². The molecule has 0 unspecified atom stereocenters. The number of carbonyl (C=O) groups excluding carboxylic acids is 1. The maximum atomic E-state index is 11.7. The van der Waals surface area contributed by atoms with Crippen molar-refractivity contribution in [2.24, 2.45) is 0 Å². The molecular formula is C13H19NO2S. The third kappa shape index (κ3) is 5.13. The van der Waals surface area contributed by atoms with E-state index in [2.05, 4.69) is 26.1 Å². The smallest absolute Gasteiger partial charge is 0.234 e. The Morgan fingerprint density at radius 3 is 2.59 bits per heavy atom. The fourth-order valence-corrected chi connectivity index (χ4v) is 1.89. The molecular weight excluding hydrogens is 234 g/mol. The SMILES string of the molecule is Cc1cc(O)ccc1NC(=O)CSC(C)(C)C. The number of thioether (sulfide) groups is 1. The minimum absolute atomic E-state index is 0.0151. The Morgan fingerprint density at radius 1 is 1.41 bits per heavy atom. The van der Waals surface area contributed by atoms with Gasteiger partial charge in [-0.25, -0.2) is 0 Å². The standard InChI is InChI=1S/C13H19NO2S/c1-9-7-10(15)5-6-11(9)14-12(16)8-17-13(2,3)4/h5-7,15H,8H2,1-4H3,(H,14,16). The van der Waals surface area contributed by atoms with Crippen molar-refractivity contribution < 1.29 is 9.90 Å². The average Bonchev–Trinajstić information content (AvgIpc) is 2.18.